The molecule has 1 saturated heterocycles. The molecule has 1 heterocycles. The lowest BCUT2D eigenvalue weighted by atomic mass is 9.95. The first-order chi connectivity index (χ1) is 18.1. The third-order valence-corrected chi connectivity index (χ3v) is 7.33. The van der Waals surface area contributed by atoms with Gasteiger partial charge in [0, 0.05) is 7.11 Å². The highest BCUT2D eigenvalue weighted by molar-refractivity contribution is 7.99. The van der Waals surface area contributed by atoms with Gasteiger partial charge in [0.05, 0.1) is 26.4 Å². The first-order valence-electron chi connectivity index (χ1n) is 12.6. The lowest BCUT2D eigenvalue weighted by Crippen LogP contribution is -2.68. The Morgan fingerprint density at radius 3 is 1.73 bits per heavy atom. The number of rotatable bonds is 13. The summed E-state index contributed by atoms with van der Waals surface area (Å²) in [7, 11) is 1.48. The molecule has 0 aromatic heterocycles. The molecule has 0 amide bonds. The van der Waals surface area contributed by atoms with Gasteiger partial charge in [-0.15, -0.1) is 11.8 Å². The van der Waals surface area contributed by atoms with Gasteiger partial charge < -0.3 is 28.8 Å². The SMILES string of the molecule is CCS[C@@H]1O[C@H](COCc2ccccc2)[C@@H](OCc2ccccc2)[C@@](O)(OC)[C@H]1OCc1ccccc1. The summed E-state index contributed by atoms with van der Waals surface area (Å²) in [5, 5.41) is 12.0. The van der Waals surface area contributed by atoms with Gasteiger partial charge in [0.15, 0.2) is 0 Å². The summed E-state index contributed by atoms with van der Waals surface area (Å²) >= 11 is 1.56. The molecule has 1 fully saturated rings. The smallest absolute Gasteiger partial charge is 0.225 e. The first-order valence-corrected chi connectivity index (χ1v) is 13.7. The Labute approximate surface area is 223 Å². The van der Waals surface area contributed by atoms with Crippen molar-refractivity contribution in [3.63, 3.8) is 0 Å². The van der Waals surface area contributed by atoms with E-state index < -0.39 is 29.5 Å². The van der Waals surface area contributed by atoms with E-state index in [1.807, 2.05) is 97.9 Å². The Morgan fingerprint density at radius 2 is 1.24 bits per heavy atom. The van der Waals surface area contributed by atoms with Gasteiger partial charge in [-0.3, -0.25) is 0 Å². The van der Waals surface area contributed by atoms with E-state index in [4.69, 9.17) is 23.7 Å². The molecule has 5 atom stereocenters. The van der Waals surface area contributed by atoms with E-state index in [9.17, 15) is 5.11 Å². The molecule has 0 radical (unpaired) electrons. The fourth-order valence-corrected chi connectivity index (χ4v) is 5.40. The van der Waals surface area contributed by atoms with E-state index in [1.54, 1.807) is 11.8 Å². The van der Waals surface area contributed by atoms with Crippen molar-refractivity contribution in [3.8, 4) is 0 Å². The third-order valence-electron chi connectivity index (χ3n) is 6.31. The number of aliphatic hydroxyl groups is 1. The van der Waals surface area contributed by atoms with Crippen molar-refractivity contribution < 1.29 is 28.8 Å². The summed E-state index contributed by atoms with van der Waals surface area (Å²) < 4.78 is 31.0. The summed E-state index contributed by atoms with van der Waals surface area (Å²) in [6, 6.07) is 29.7. The molecular weight excluding hydrogens is 488 g/mol. The van der Waals surface area contributed by atoms with E-state index in [-0.39, 0.29) is 13.2 Å². The second-order valence-electron chi connectivity index (χ2n) is 8.89. The number of hydrogen-bond acceptors (Lipinski definition) is 7. The van der Waals surface area contributed by atoms with Crippen molar-refractivity contribution in [1.29, 1.82) is 0 Å². The predicted octanol–water partition coefficient (Wildman–Crippen LogP) is 5.19. The third kappa shape index (κ3) is 7.42. The zero-order valence-corrected chi connectivity index (χ0v) is 22.2. The maximum atomic E-state index is 12.0. The summed E-state index contributed by atoms with van der Waals surface area (Å²) in [4.78, 5) is 0. The minimum atomic E-state index is -1.75. The van der Waals surface area contributed by atoms with Crippen molar-refractivity contribution in [3.05, 3.63) is 108 Å². The Kier molecular flexibility index (Phi) is 10.6. The van der Waals surface area contributed by atoms with Gasteiger partial charge in [-0.25, -0.2) is 0 Å². The number of ether oxygens (including phenoxy) is 5. The van der Waals surface area contributed by atoms with Crippen LogP contribution in [-0.2, 0) is 43.5 Å². The molecule has 0 unspecified atom stereocenters. The minimum absolute atomic E-state index is 0.228. The molecule has 1 aliphatic rings. The molecule has 198 valence electrons. The first kappa shape index (κ1) is 27.8. The second kappa shape index (κ2) is 14.1. The fraction of sp³-hybridized carbons (Fsp3) is 0.400. The van der Waals surface area contributed by atoms with E-state index in [0.29, 0.717) is 13.2 Å². The van der Waals surface area contributed by atoms with Crippen LogP contribution in [0.5, 0.6) is 0 Å². The molecule has 1 aliphatic heterocycles. The van der Waals surface area contributed by atoms with Crippen molar-refractivity contribution in [1.82, 2.24) is 0 Å². The standard InChI is InChI=1S/C30H36O6S/c1-3-37-29-28(35-21-25-17-11-6-12-18-25)30(31,32-2)27(34-20-24-15-9-5-10-16-24)26(36-29)22-33-19-23-13-7-4-8-14-23/h4-18,26-29,31H,3,19-22H2,1-2H3/t26-,27-,28+,29+,30-/m1/s1. The highest BCUT2D eigenvalue weighted by atomic mass is 32.2. The van der Waals surface area contributed by atoms with Crippen LogP contribution in [0.3, 0.4) is 0 Å². The zero-order valence-electron chi connectivity index (χ0n) is 21.4. The number of benzene rings is 3. The van der Waals surface area contributed by atoms with Gasteiger partial charge in [0.1, 0.15) is 23.7 Å². The molecule has 1 N–H and O–H groups in total. The predicted molar refractivity (Wildman–Crippen MR) is 145 cm³/mol. The van der Waals surface area contributed by atoms with Crippen LogP contribution in [0.4, 0.5) is 0 Å². The van der Waals surface area contributed by atoms with Crippen molar-refractivity contribution in [2.45, 2.75) is 56.3 Å². The Bertz CT molecular complexity index is 1040. The van der Waals surface area contributed by atoms with Crippen LogP contribution < -0.4 is 0 Å². The van der Waals surface area contributed by atoms with Gasteiger partial charge in [-0.05, 0) is 22.4 Å². The average Bonchev–Trinajstić information content (AvgIpc) is 2.94. The van der Waals surface area contributed by atoms with Crippen LogP contribution in [0, 0.1) is 0 Å². The van der Waals surface area contributed by atoms with Gasteiger partial charge >= 0.3 is 0 Å². The normalized spacial score (nSPS) is 25.7. The summed E-state index contributed by atoms with van der Waals surface area (Å²) in [6.45, 7) is 3.30. The molecule has 3 aromatic carbocycles. The van der Waals surface area contributed by atoms with E-state index in [0.717, 1.165) is 22.4 Å². The monoisotopic (exact) mass is 524 g/mol. The van der Waals surface area contributed by atoms with Crippen molar-refractivity contribution in [2.75, 3.05) is 19.5 Å². The number of hydrogen-bond donors (Lipinski definition) is 1. The quantitative estimate of drug-likeness (QED) is 0.309. The van der Waals surface area contributed by atoms with Crippen LogP contribution in [0.15, 0.2) is 91.0 Å². The topological polar surface area (TPSA) is 66.4 Å². The molecular formula is C30H36O6S. The highest BCUT2D eigenvalue weighted by Gasteiger charge is 2.58. The van der Waals surface area contributed by atoms with Crippen LogP contribution in [0.2, 0.25) is 0 Å². The molecule has 0 bridgehead atoms. The number of thioether (sulfide) groups is 1. The molecule has 3 aromatic rings. The largest absolute Gasteiger partial charge is 0.374 e. The van der Waals surface area contributed by atoms with Crippen molar-refractivity contribution >= 4 is 11.8 Å². The lowest BCUT2D eigenvalue weighted by molar-refractivity contribution is -0.367. The van der Waals surface area contributed by atoms with E-state index >= 15 is 0 Å². The van der Waals surface area contributed by atoms with Crippen LogP contribution in [-0.4, -0.2) is 54.1 Å². The van der Waals surface area contributed by atoms with Gasteiger partial charge in [0.25, 0.3) is 0 Å². The van der Waals surface area contributed by atoms with Gasteiger partial charge in [0.2, 0.25) is 5.79 Å². The molecule has 37 heavy (non-hydrogen) atoms. The molecule has 0 aliphatic carbocycles. The Balaban J connectivity index is 1.55. The number of methoxy groups -OCH3 is 1. The van der Waals surface area contributed by atoms with Crippen LogP contribution in [0.1, 0.15) is 23.6 Å². The van der Waals surface area contributed by atoms with Crippen LogP contribution >= 0.6 is 11.8 Å². The fourth-order valence-electron chi connectivity index (χ4n) is 4.40. The van der Waals surface area contributed by atoms with Gasteiger partial charge in [-0.1, -0.05) is 97.9 Å². The zero-order chi connectivity index (χ0) is 25.9. The summed E-state index contributed by atoms with van der Waals surface area (Å²) in [5.41, 5.74) is 2.57. The lowest BCUT2D eigenvalue weighted by Gasteiger charge is -2.50. The minimum Gasteiger partial charge on any atom is -0.374 e. The molecule has 0 saturated carbocycles. The average molecular weight is 525 g/mol. The maximum Gasteiger partial charge on any atom is 0.225 e. The van der Waals surface area contributed by atoms with Crippen LogP contribution in [0.25, 0.3) is 0 Å². The second-order valence-corrected chi connectivity index (χ2v) is 10.3. The highest BCUT2D eigenvalue weighted by Crippen LogP contribution is 2.40. The summed E-state index contributed by atoms with van der Waals surface area (Å²) in [6.07, 6.45) is -2.20. The Morgan fingerprint density at radius 1 is 0.757 bits per heavy atom. The van der Waals surface area contributed by atoms with E-state index in [1.165, 1.54) is 7.11 Å². The molecule has 0 spiro atoms. The molecule has 4 rings (SSSR count). The molecule has 7 heteroatoms. The van der Waals surface area contributed by atoms with E-state index in [2.05, 4.69) is 0 Å². The maximum absolute atomic E-state index is 12.0. The Hall–Kier alpha value is -2.23. The van der Waals surface area contributed by atoms with Crippen molar-refractivity contribution in [2.24, 2.45) is 0 Å². The van der Waals surface area contributed by atoms with Gasteiger partial charge in [-0.2, -0.15) is 0 Å². The summed E-state index contributed by atoms with van der Waals surface area (Å²) in [5.74, 6) is -0.974. The molecule has 6 nitrogen and oxygen atoms in total.